The van der Waals surface area contributed by atoms with E-state index in [0.29, 0.717) is 25.8 Å². The van der Waals surface area contributed by atoms with Gasteiger partial charge in [0.25, 0.3) is 0 Å². The van der Waals surface area contributed by atoms with Crippen molar-refractivity contribution in [2.45, 2.75) is 44.2 Å². The Bertz CT molecular complexity index is 328. The summed E-state index contributed by atoms with van der Waals surface area (Å²) >= 11 is 0. The minimum absolute atomic E-state index is 0. The summed E-state index contributed by atoms with van der Waals surface area (Å²) < 4.78 is 0. The number of carbonyl (C=O) groups is 3. The Morgan fingerprint density at radius 2 is 1.75 bits per heavy atom. The van der Waals surface area contributed by atoms with Gasteiger partial charge in [0.15, 0.2) is 0 Å². The molecule has 0 aliphatic carbocycles. The first-order valence-electron chi connectivity index (χ1n) is 6.15. The molecule has 8 N–H and O–H groups in total. The molecule has 0 saturated heterocycles. The molecular weight excluding hydrogens is 275 g/mol. The molecule has 0 radical (unpaired) electrons. The van der Waals surface area contributed by atoms with Crippen LogP contribution in [0.3, 0.4) is 0 Å². The number of carboxylic acids is 1. The van der Waals surface area contributed by atoms with Gasteiger partial charge in [-0.25, -0.2) is 4.79 Å². The maximum atomic E-state index is 11.6. The predicted molar refractivity (Wildman–Crippen MR) is 76.0 cm³/mol. The summed E-state index contributed by atoms with van der Waals surface area (Å²) in [4.78, 5) is 33.1. The first-order valence-corrected chi connectivity index (χ1v) is 6.15. The molecule has 0 unspecified atom stereocenters. The monoisotopic (exact) mass is 298 g/mol. The van der Waals surface area contributed by atoms with Crippen molar-refractivity contribution in [2.75, 3.05) is 6.54 Å². The van der Waals surface area contributed by atoms with Gasteiger partial charge in [0.1, 0.15) is 6.04 Å². The van der Waals surface area contributed by atoms with Gasteiger partial charge in [0, 0.05) is 6.42 Å². The fourth-order valence-electron chi connectivity index (χ4n) is 1.46. The van der Waals surface area contributed by atoms with E-state index in [1.54, 1.807) is 0 Å². The molecule has 2 atom stereocenters. The Morgan fingerprint density at radius 3 is 2.20 bits per heavy atom. The normalized spacial score (nSPS) is 12.9. The SMILES string of the molecule is NCCCC[C@H](NC(=O)[C@@H](N)CCC(N)=O)C(=O)O.[NaH]. The average molecular weight is 298 g/mol. The van der Waals surface area contributed by atoms with Gasteiger partial charge in [0.2, 0.25) is 11.8 Å². The molecule has 0 rings (SSSR count). The first-order chi connectivity index (χ1) is 8.88. The van der Waals surface area contributed by atoms with Crippen LogP contribution in [0.4, 0.5) is 0 Å². The number of primary amides is 1. The Hall–Kier alpha value is -0.670. The zero-order chi connectivity index (χ0) is 14.8. The second-order valence-electron chi connectivity index (χ2n) is 4.30. The summed E-state index contributed by atoms with van der Waals surface area (Å²) in [5.74, 6) is -2.27. The minimum atomic E-state index is -1.12. The molecular formula is C11H23N4NaO4. The molecule has 2 amide bonds. The van der Waals surface area contributed by atoms with Crippen LogP contribution in [0.15, 0.2) is 0 Å². The molecule has 0 aliphatic heterocycles. The molecule has 0 aromatic carbocycles. The number of nitrogens with one attached hydrogen (secondary N) is 1. The van der Waals surface area contributed by atoms with Gasteiger partial charge in [-0.15, -0.1) is 0 Å². The summed E-state index contributed by atoms with van der Waals surface area (Å²) in [5, 5.41) is 11.3. The van der Waals surface area contributed by atoms with E-state index in [4.69, 9.17) is 22.3 Å². The van der Waals surface area contributed by atoms with Crippen LogP contribution in [0.25, 0.3) is 0 Å². The van der Waals surface area contributed by atoms with Gasteiger partial charge >= 0.3 is 35.5 Å². The zero-order valence-electron chi connectivity index (χ0n) is 10.8. The van der Waals surface area contributed by atoms with Crippen molar-refractivity contribution in [1.29, 1.82) is 0 Å². The van der Waals surface area contributed by atoms with E-state index in [1.807, 2.05) is 0 Å². The van der Waals surface area contributed by atoms with Crippen molar-refractivity contribution in [1.82, 2.24) is 5.32 Å². The van der Waals surface area contributed by atoms with E-state index in [9.17, 15) is 14.4 Å². The molecule has 0 fully saturated rings. The number of hydrogen-bond donors (Lipinski definition) is 5. The van der Waals surface area contributed by atoms with E-state index in [-0.39, 0.29) is 42.4 Å². The number of nitrogens with two attached hydrogens (primary N) is 3. The number of hydrogen-bond acceptors (Lipinski definition) is 5. The van der Waals surface area contributed by atoms with Gasteiger partial charge < -0.3 is 27.6 Å². The third-order valence-electron chi connectivity index (χ3n) is 2.60. The second-order valence-corrected chi connectivity index (χ2v) is 4.30. The summed E-state index contributed by atoms with van der Waals surface area (Å²) in [6.45, 7) is 0.471. The number of carbonyl (C=O) groups excluding carboxylic acids is 2. The number of aliphatic carboxylic acids is 1. The van der Waals surface area contributed by atoms with Crippen molar-refractivity contribution in [3.8, 4) is 0 Å². The third kappa shape index (κ3) is 10.2. The quantitative estimate of drug-likeness (QED) is 0.223. The molecule has 0 bridgehead atoms. The number of amides is 2. The van der Waals surface area contributed by atoms with E-state index in [0.717, 1.165) is 0 Å². The molecule has 112 valence electrons. The van der Waals surface area contributed by atoms with Gasteiger partial charge in [-0.3, -0.25) is 9.59 Å². The molecule has 0 spiro atoms. The van der Waals surface area contributed by atoms with Gasteiger partial charge in [-0.05, 0) is 32.2 Å². The standard InChI is InChI=1S/C11H22N4O4.Na.H/c12-6-2-1-3-8(11(18)19)15-10(17)7(13)4-5-9(14)16;;/h7-8H,1-6,12-13H2,(H2,14,16)(H,15,17)(H,18,19);;/t7-,8-;;/m0../s1. The summed E-state index contributed by atoms with van der Waals surface area (Å²) in [6.07, 6.45) is 1.66. The summed E-state index contributed by atoms with van der Waals surface area (Å²) in [7, 11) is 0. The van der Waals surface area contributed by atoms with E-state index >= 15 is 0 Å². The molecule has 0 heterocycles. The topological polar surface area (TPSA) is 162 Å². The number of rotatable bonds is 10. The molecule has 9 heteroatoms. The maximum absolute atomic E-state index is 11.6. The summed E-state index contributed by atoms with van der Waals surface area (Å²) in [5.41, 5.74) is 15.8. The second kappa shape index (κ2) is 12.1. The predicted octanol–water partition coefficient (Wildman–Crippen LogP) is -2.37. The molecule has 0 saturated carbocycles. The van der Waals surface area contributed by atoms with Crippen LogP contribution in [0, 0.1) is 0 Å². The van der Waals surface area contributed by atoms with E-state index < -0.39 is 29.9 Å². The van der Waals surface area contributed by atoms with Gasteiger partial charge in [0.05, 0.1) is 6.04 Å². The van der Waals surface area contributed by atoms with Crippen LogP contribution >= 0.6 is 0 Å². The van der Waals surface area contributed by atoms with Crippen molar-refractivity contribution in [3.63, 3.8) is 0 Å². The van der Waals surface area contributed by atoms with Crippen molar-refractivity contribution in [3.05, 3.63) is 0 Å². The molecule has 0 aromatic rings. The molecule has 0 aromatic heterocycles. The zero-order valence-corrected chi connectivity index (χ0v) is 10.8. The Balaban J connectivity index is 0. The van der Waals surface area contributed by atoms with Crippen molar-refractivity contribution < 1.29 is 19.5 Å². The van der Waals surface area contributed by atoms with Crippen LogP contribution in [0.2, 0.25) is 0 Å². The molecule has 8 nitrogen and oxygen atoms in total. The van der Waals surface area contributed by atoms with Crippen LogP contribution in [-0.2, 0) is 14.4 Å². The van der Waals surface area contributed by atoms with E-state index in [1.165, 1.54) is 0 Å². The van der Waals surface area contributed by atoms with Crippen molar-refractivity contribution in [2.24, 2.45) is 17.2 Å². The van der Waals surface area contributed by atoms with Crippen molar-refractivity contribution >= 4 is 47.3 Å². The van der Waals surface area contributed by atoms with Gasteiger partial charge in [-0.2, -0.15) is 0 Å². The number of carboxylic acid groups (broad SMARTS) is 1. The fourth-order valence-corrected chi connectivity index (χ4v) is 1.46. The van der Waals surface area contributed by atoms with Crippen LogP contribution in [0.5, 0.6) is 0 Å². The summed E-state index contributed by atoms with van der Waals surface area (Å²) in [6, 6.07) is -1.93. The average Bonchev–Trinajstić information content (AvgIpc) is 2.34. The Kier molecular flexibility index (Phi) is 13.1. The Morgan fingerprint density at radius 1 is 1.15 bits per heavy atom. The number of unbranched alkanes of at least 4 members (excludes halogenated alkanes) is 1. The van der Waals surface area contributed by atoms with E-state index in [2.05, 4.69) is 5.32 Å². The fraction of sp³-hybridized carbons (Fsp3) is 0.727. The van der Waals surface area contributed by atoms with Crippen LogP contribution in [-0.4, -0.2) is 71.1 Å². The van der Waals surface area contributed by atoms with Crippen LogP contribution < -0.4 is 22.5 Å². The van der Waals surface area contributed by atoms with Crippen LogP contribution in [0.1, 0.15) is 32.1 Å². The van der Waals surface area contributed by atoms with Gasteiger partial charge in [-0.1, -0.05) is 0 Å². The molecule has 20 heavy (non-hydrogen) atoms. The third-order valence-corrected chi connectivity index (χ3v) is 2.60. The first kappa shape index (κ1) is 21.6. The Labute approximate surface area is 140 Å². The molecule has 0 aliphatic rings.